The number of nitro groups is 1. The molecule has 1 saturated heterocycles. The molecule has 8 nitrogen and oxygen atoms in total. The third-order valence-corrected chi connectivity index (χ3v) is 5.08. The molecule has 1 aliphatic heterocycles. The van der Waals surface area contributed by atoms with Gasteiger partial charge in [0.05, 0.1) is 10.3 Å². The third kappa shape index (κ3) is 4.01. The third-order valence-electron chi connectivity index (χ3n) is 5.08. The fraction of sp³-hybridized carbons (Fsp3) is 0.300. The number of nitrogens with one attached hydrogen (secondary N) is 1. The molecule has 1 aliphatic rings. The van der Waals surface area contributed by atoms with Gasteiger partial charge in [-0.2, -0.15) is 0 Å². The highest BCUT2D eigenvalue weighted by molar-refractivity contribution is 6.09. The second-order valence-electron chi connectivity index (χ2n) is 6.79. The Kier molecular flexibility index (Phi) is 5.70. The number of amides is 1. The largest absolute Gasteiger partial charge is 0.381 e. The fourth-order valence-corrected chi connectivity index (χ4v) is 3.27. The van der Waals surface area contributed by atoms with Gasteiger partial charge in [-0.15, -0.1) is 0 Å². The average molecular weight is 383 g/mol. The predicted octanol–water partition coefficient (Wildman–Crippen LogP) is 2.52. The van der Waals surface area contributed by atoms with Gasteiger partial charge in [-0.1, -0.05) is 30.3 Å². The second-order valence-corrected chi connectivity index (χ2v) is 6.79. The highest BCUT2D eigenvalue weighted by Gasteiger charge is 2.38. The molecule has 28 heavy (non-hydrogen) atoms. The van der Waals surface area contributed by atoms with Crippen molar-refractivity contribution in [2.24, 2.45) is 11.1 Å². The van der Waals surface area contributed by atoms with Crippen molar-refractivity contribution in [3.05, 3.63) is 69.8 Å². The van der Waals surface area contributed by atoms with Gasteiger partial charge < -0.3 is 15.8 Å². The van der Waals surface area contributed by atoms with E-state index in [1.54, 1.807) is 30.3 Å². The number of rotatable bonds is 7. The van der Waals surface area contributed by atoms with Gasteiger partial charge in [-0.25, -0.2) is 0 Å². The molecule has 0 atom stereocenters. The van der Waals surface area contributed by atoms with Crippen molar-refractivity contribution in [3.8, 4) is 0 Å². The second kappa shape index (κ2) is 8.18. The van der Waals surface area contributed by atoms with Crippen LogP contribution >= 0.6 is 0 Å². The molecule has 0 unspecified atom stereocenters. The summed E-state index contributed by atoms with van der Waals surface area (Å²) < 4.78 is 5.29. The van der Waals surface area contributed by atoms with Crippen molar-refractivity contribution >= 4 is 23.1 Å². The number of benzene rings is 2. The number of carbonyl (C=O) groups excluding carboxylic acids is 2. The molecule has 146 valence electrons. The molecule has 2 aromatic carbocycles. The van der Waals surface area contributed by atoms with E-state index < -0.39 is 16.2 Å². The Morgan fingerprint density at radius 3 is 2.39 bits per heavy atom. The van der Waals surface area contributed by atoms with Crippen LogP contribution in [-0.2, 0) is 9.53 Å². The van der Waals surface area contributed by atoms with Gasteiger partial charge in [-0.3, -0.25) is 19.7 Å². The number of hydrogen-bond donors (Lipinski definition) is 2. The molecule has 0 aliphatic carbocycles. The van der Waals surface area contributed by atoms with Crippen molar-refractivity contribution in [1.82, 2.24) is 0 Å². The van der Waals surface area contributed by atoms with Crippen LogP contribution in [0.4, 0.5) is 11.4 Å². The number of nitro benzene ring substituents is 1. The molecule has 2 aromatic rings. The van der Waals surface area contributed by atoms with Crippen LogP contribution in [0.3, 0.4) is 0 Å². The molecule has 8 heteroatoms. The highest BCUT2D eigenvalue weighted by Crippen LogP contribution is 2.33. The van der Waals surface area contributed by atoms with Gasteiger partial charge in [0.1, 0.15) is 5.69 Å². The first-order valence-electron chi connectivity index (χ1n) is 8.93. The Labute approximate surface area is 161 Å². The SMILES string of the molecule is NC(=O)C1(CNc2ccc(C(=O)c3ccccc3)cc2[N+](=O)[O-])CCOCC1. The van der Waals surface area contributed by atoms with Crippen LogP contribution in [-0.4, -0.2) is 36.4 Å². The van der Waals surface area contributed by atoms with Crippen molar-refractivity contribution < 1.29 is 19.2 Å². The minimum absolute atomic E-state index is 0.165. The maximum atomic E-state index is 12.6. The Hall–Kier alpha value is -3.26. The fourth-order valence-electron chi connectivity index (χ4n) is 3.27. The summed E-state index contributed by atoms with van der Waals surface area (Å²) in [6.07, 6.45) is 0.904. The van der Waals surface area contributed by atoms with E-state index >= 15 is 0 Å². The molecule has 3 rings (SSSR count). The summed E-state index contributed by atoms with van der Waals surface area (Å²) in [5, 5.41) is 14.5. The maximum Gasteiger partial charge on any atom is 0.293 e. The lowest BCUT2D eigenvalue weighted by Crippen LogP contribution is -2.46. The van der Waals surface area contributed by atoms with E-state index in [9.17, 15) is 19.7 Å². The topological polar surface area (TPSA) is 125 Å². The first-order chi connectivity index (χ1) is 13.4. The zero-order valence-electron chi connectivity index (χ0n) is 15.2. The number of carbonyl (C=O) groups is 2. The summed E-state index contributed by atoms with van der Waals surface area (Å²) in [6, 6.07) is 12.8. The summed E-state index contributed by atoms with van der Waals surface area (Å²) in [5.74, 6) is -0.755. The summed E-state index contributed by atoms with van der Waals surface area (Å²) in [5.41, 5.74) is 5.45. The van der Waals surface area contributed by atoms with Crippen LogP contribution in [0.1, 0.15) is 28.8 Å². The Morgan fingerprint density at radius 2 is 1.79 bits per heavy atom. The number of nitrogens with zero attached hydrogens (tertiary/aromatic N) is 1. The Bertz CT molecular complexity index is 892. The lowest BCUT2D eigenvalue weighted by molar-refractivity contribution is -0.384. The molecule has 0 aromatic heterocycles. The van der Waals surface area contributed by atoms with E-state index in [1.807, 2.05) is 0 Å². The maximum absolute atomic E-state index is 12.6. The minimum atomic E-state index is -0.815. The molecule has 0 bridgehead atoms. The Morgan fingerprint density at radius 1 is 1.11 bits per heavy atom. The lowest BCUT2D eigenvalue weighted by atomic mass is 9.79. The number of nitrogens with two attached hydrogens (primary N) is 1. The number of ketones is 1. The van der Waals surface area contributed by atoms with Gasteiger partial charge >= 0.3 is 0 Å². The molecular weight excluding hydrogens is 362 g/mol. The van der Waals surface area contributed by atoms with Crippen LogP contribution in [0.2, 0.25) is 0 Å². The standard InChI is InChI=1S/C20H21N3O5/c21-19(25)20(8-10-28-11-9-20)13-22-16-7-6-15(12-17(16)23(26)27)18(24)14-4-2-1-3-5-14/h1-7,12,22H,8-11,13H2,(H2,21,25). The number of ether oxygens (including phenoxy) is 1. The molecule has 0 spiro atoms. The van der Waals surface area contributed by atoms with E-state index in [0.717, 1.165) is 0 Å². The van der Waals surface area contributed by atoms with Crippen LogP contribution in [0.15, 0.2) is 48.5 Å². The molecule has 0 radical (unpaired) electrons. The van der Waals surface area contributed by atoms with Gasteiger partial charge in [0.15, 0.2) is 5.78 Å². The minimum Gasteiger partial charge on any atom is -0.381 e. The molecule has 1 fully saturated rings. The van der Waals surface area contributed by atoms with E-state index in [4.69, 9.17) is 10.5 Å². The molecule has 0 saturated carbocycles. The lowest BCUT2D eigenvalue weighted by Gasteiger charge is -2.34. The highest BCUT2D eigenvalue weighted by atomic mass is 16.6. The zero-order chi connectivity index (χ0) is 20.1. The monoisotopic (exact) mass is 383 g/mol. The van der Waals surface area contributed by atoms with Crippen molar-refractivity contribution in [3.63, 3.8) is 0 Å². The van der Waals surface area contributed by atoms with Crippen molar-refractivity contribution in [2.45, 2.75) is 12.8 Å². The van der Waals surface area contributed by atoms with Crippen LogP contribution in [0, 0.1) is 15.5 Å². The average Bonchev–Trinajstić information content (AvgIpc) is 2.72. The molecular formula is C20H21N3O5. The number of primary amides is 1. The van der Waals surface area contributed by atoms with Gasteiger partial charge in [0.25, 0.3) is 5.69 Å². The zero-order valence-corrected chi connectivity index (χ0v) is 15.2. The molecule has 1 heterocycles. The molecule has 3 N–H and O–H groups in total. The number of anilines is 1. The summed E-state index contributed by atoms with van der Waals surface area (Å²) in [6.45, 7) is 0.993. The smallest absolute Gasteiger partial charge is 0.293 e. The van der Waals surface area contributed by atoms with E-state index in [0.29, 0.717) is 31.6 Å². The first-order valence-corrected chi connectivity index (χ1v) is 8.93. The summed E-state index contributed by atoms with van der Waals surface area (Å²) >= 11 is 0. The van der Waals surface area contributed by atoms with Gasteiger partial charge in [0, 0.05) is 37.0 Å². The quantitative estimate of drug-likeness (QED) is 0.430. The van der Waals surface area contributed by atoms with Crippen LogP contribution in [0.25, 0.3) is 0 Å². The Balaban J connectivity index is 1.84. The summed E-state index contributed by atoms with van der Waals surface area (Å²) in [4.78, 5) is 35.5. The van der Waals surface area contributed by atoms with Crippen LogP contribution < -0.4 is 11.1 Å². The number of hydrogen-bond acceptors (Lipinski definition) is 6. The van der Waals surface area contributed by atoms with Crippen molar-refractivity contribution in [2.75, 3.05) is 25.1 Å². The van der Waals surface area contributed by atoms with Crippen LogP contribution in [0.5, 0.6) is 0 Å². The van der Waals surface area contributed by atoms with Crippen molar-refractivity contribution in [1.29, 1.82) is 0 Å². The predicted molar refractivity (Wildman–Crippen MR) is 103 cm³/mol. The van der Waals surface area contributed by atoms with E-state index in [1.165, 1.54) is 18.2 Å². The van der Waals surface area contributed by atoms with E-state index in [-0.39, 0.29) is 29.3 Å². The molecule has 1 amide bonds. The summed E-state index contributed by atoms with van der Waals surface area (Å²) in [7, 11) is 0. The van der Waals surface area contributed by atoms with E-state index in [2.05, 4.69) is 5.32 Å². The van der Waals surface area contributed by atoms with Gasteiger partial charge in [0.2, 0.25) is 5.91 Å². The van der Waals surface area contributed by atoms with Gasteiger partial charge in [-0.05, 0) is 25.0 Å². The first kappa shape index (κ1) is 19.5. The normalized spacial score (nSPS) is 15.6.